The van der Waals surface area contributed by atoms with Crippen LogP contribution in [0.1, 0.15) is 18.7 Å². The number of ether oxygens (including phenoxy) is 1. The summed E-state index contributed by atoms with van der Waals surface area (Å²) >= 11 is 0. The fourth-order valence-electron chi connectivity index (χ4n) is 3.87. The predicted octanol–water partition coefficient (Wildman–Crippen LogP) is 0.630. The molecule has 0 atom stereocenters. The summed E-state index contributed by atoms with van der Waals surface area (Å²) < 4.78 is 6.50. The van der Waals surface area contributed by atoms with Gasteiger partial charge in [0, 0.05) is 51.8 Å². The monoisotopic (exact) mass is 426 g/mol. The van der Waals surface area contributed by atoms with E-state index in [1.54, 1.807) is 14.2 Å². The molecular weight excluding hydrogens is 400 g/mol. The molecule has 1 saturated heterocycles. The van der Waals surface area contributed by atoms with E-state index in [0.29, 0.717) is 31.0 Å². The number of methoxy groups -OCH3 is 1. The molecule has 1 fully saturated rings. The third kappa shape index (κ3) is 4.32. The normalized spacial score (nSPS) is 14.6. The Labute approximate surface area is 178 Å². The number of aromatic nitrogens is 4. The molecule has 164 valence electrons. The number of imidazole rings is 1. The largest absolute Gasteiger partial charge is 0.497 e. The average molecular weight is 426 g/mol. The average Bonchev–Trinajstić information content (AvgIpc) is 3.06. The topological polar surface area (TPSA) is 116 Å². The molecule has 1 amide bonds. The Kier molecular flexibility index (Phi) is 5.79. The quantitative estimate of drug-likeness (QED) is 0.618. The van der Waals surface area contributed by atoms with Gasteiger partial charge in [0.05, 0.1) is 7.11 Å². The molecule has 10 nitrogen and oxygen atoms in total. The van der Waals surface area contributed by atoms with Gasteiger partial charge < -0.3 is 19.5 Å². The van der Waals surface area contributed by atoms with Crippen LogP contribution in [0.4, 0.5) is 5.69 Å². The van der Waals surface area contributed by atoms with Crippen molar-refractivity contribution in [3.8, 4) is 5.75 Å². The number of nitrogens with one attached hydrogen (secondary N) is 2. The Morgan fingerprint density at radius 3 is 2.61 bits per heavy atom. The summed E-state index contributed by atoms with van der Waals surface area (Å²) in [5.74, 6) is 1.40. The number of rotatable bonds is 5. The smallest absolute Gasteiger partial charge is 0.329 e. The van der Waals surface area contributed by atoms with Crippen molar-refractivity contribution in [1.82, 2.24) is 24.4 Å². The maximum atomic E-state index is 12.8. The molecule has 3 aromatic rings. The fourth-order valence-corrected chi connectivity index (χ4v) is 3.87. The van der Waals surface area contributed by atoms with Gasteiger partial charge in [-0.05, 0) is 30.7 Å². The molecule has 0 saturated carbocycles. The predicted molar refractivity (Wildman–Crippen MR) is 117 cm³/mol. The number of benzene rings is 1. The van der Waals surface area contributed by atoms with Crippen LogP contribution in [-0.2, 0) is 18.3 Å². The van der Waals surface area contributed by atoms with Crippen molar-refractivity contribution in [2.45, 2.75) is 19.3 Å². The molecular formula is C21H26N6O4. The van der Waals surface area contributed by atoms with Gasteiger partial charge in [0.25, 0.3) is 5.56 Å². The first-order valence-electron chi connectivity index (χ1n) is 10.3. The van der Waals surface area contributed by atoms with E-state index in [-0.39, 0.29) is 17.8 Å². The molecule has 0 unspecified atom stereocenters. The zero-order valence-electron chi connectivity index (χ0n) is 17.7. The molecule has 1 aliphatic heterocycles. The lowest BCUT2D eigenvalue weighted by atomic mass is 10.2. The van der Waals surface area contributed by atoms with E-state index in [1.165, 1.54) is 4.57 Å². The minimum atomic E-state index is -0.516. The van der Waals surface area contributed by atoms with Crippen LogP contribution in [-0.4, -0.2) is 63.6 Å². The maximum Gasteiger partial charge on any atom is 0.329 e. The van der Waals surface area contributed by atoms with Gasteiger partial charge in [-0.3, -0.25) is 19.1 Å². The first-order chi connectivity index (χ1) is 15.0. The van der Waals surface area contributed by atoms with Crippen molar-refractivity contribution in [3.63, 3.8) is 0 Å². The number of anilines is 1. The highest BCUT2D eigenvalue weighted by atomic mass is 16.5. The van der Waals surface area contributed by atoms with Crippen molar-refractivity contribution in [2.75, 3.05) is 38.2 Å². The fraction of sp³-hybridized carbons (Fsp3) is 0.429. The van der Waals surface area contributed by atoms with Crippen molar-refractivity contribution in [2.24, 2.45) is 7.05 Å². The van der Waals surface area contributed by atoms with Crippen LogP contribution in [0.3, 0.4) is 0 Å². The summed E-state index contributed by atoms with van der Waals surface area (Å²) in [6.07, 6.45) is 1.55. The number of aromatic amines is 2. The Morgan fingerprint density at radius 1 is 1.10 bits per heavy atom. The lowest BCUT2D eigenvalue weighted by Crippen LogP contribution is -2.35. The molecule has 0 aliphatic carbocycles. The van der Waals surface area contributed by atoms with E-state index in [4.69, 9.17) is 4.74 Å². The molecule has 2 aromatic heterocycles. The van der Waals surface area contributed by atoms with Crippen molar-refractivity contribution >= 4 is 22.8 Å². The van der Waals surface area contributed by atoms with Gasteiger partial charge in [-0.2, -0.15) is 0 Å². The van der Waals surface area contributed by atoms with E-state index in [9.17, 15) is 14.4 Å². The van der Waals surface area contributed by atoms with Gasteiger partial charge in [-0.1, -0.05) is 0 Å². The van der Waals surface area contributed by atoms with Gasteiger partial charge in [0.15, 0.2) is 5.65 Å². The van der Waals surface area contributed by atoms with Crippen LogP contribution in [0.25, 0.3) is 11.2 Å². The lowest BCUT2D eigenvalue weighted by molar-refractivity contribution is -0.130. The second-order valence-electron chi connectivity index (χ2n) is 7.62. The number of aryl methyl sites for hydroxylation is 2. The van der Waals surface area contributed by atoms with Gasteiger partial charge in [0.1, 0.15) is 17.1 Å². The summed E-state index contributed by atoms with van der Waals surface area (Å²) in [4.78, 5) is 50.1. The molecule has 3 heterocycles. The van der Waals surface area contributed by atoms with Crippen molar-refractivity contribution in [3.05, 3.63) is 50.9 Å². The number of fused-ring (bicyclic) bond motifs is 1. The standard InChI is InChI=1S/C21H26N6O4/c1-25-19-18(20(29)24-21(25)30)22-16(23-19)8-9-17(28)27-11-3-10-26(12-13-27)14-4-6-15(31-2)7-5-14/h4-7H,3,8-13H2,1-2H3,(H,22,23)(H,24,29,30). The molecule has 1 aromatic carbocycles. The summed E-state index contributed by atoms with van der Waals surface area (Å²) in [6.45, 7) is 3.01. The maximum absolute atomic E-state index is 12.8. The Bertz CT molecular complexity index is 1190. The molecule has 0 bridgehead atoms. The zero-order valence-corrected chi connectivity index (χ0v) is 17.7. The van der Waals surface area contributed by atoms with Gasteiger partial charge >= 0.3 is 5.69 Å². The highest BCUT2D eigenvalue weighted by Crippen LogP contribution is 2.21. The molecule has 2 N–H and O–H groups in total. The third-order valence-electron chi connectivity index (χ3n) is 5.67. The van der Waals surface area contributed by atoms with Crippen LogP contribution >= 0.6 is 0 Å². The number of nitrogens with zero attached hydrogens (tertiary/aromatic N) is 4. The summed E-state index contributed by atoms with van der Waals surface area (Å²) in [7, 11) is 3.19. The summed E-state index contributed by atoms with van der Waals surface area (Å²) in [5.41, 5.74) is 0.635. The second kappa shape index (κ2) is 8.66. The number of amides is 1. The minimum Gasteiger partial charge on any atom is -0.497 e. The highest BCUT2D eigenvalue weighted by Gasteiger charge is 2.20. The van der Waals surface area contributed by atoms with Crippen LogP contribution in [0, 0.1) is 0 Å². The molecule has 31 heavy (non-hydrogen) atoms. The Morgan fingerprint density at radius 2 is 1.87 bits per heavy atom. The van der Waals surface area contributed by atoms with Crippen LogP contribution < -0.4 is 20.9 Å². The third-order valence-corrected chi connectivity index (χ3v) is 5.67. The highest BCUT2D eigenvalue weighted by molar-refractivity contribution is 5.77. The molecule has 1 aliphatic rings. The van der Waals surface area contributed by atoms with Crippen LogP contribution in [0.5, 0.6) is 5.75 Å². The number of hydrogen-bond donors (Lipinski definition) is 2. The Hall–Kier alpha value is -3.56. The van der Waals surface area contributed by atoms with E-state index in [2.05, 4.69) is 19.9 Å². The van der Waals surface area contributed by atoms with Gasteiger partial charge in [0.2, 0.25) is 5.91 Å². The summed E-state index contributed by atoms with van der Waals surface area (Å²) in [5, 5.41) is 0. The Balaban J connectivity index is 1.37. The van der Waals surface area contributed by atoms with E-state index in [0.717, 1.165) is 30.9 Å². The lowest BCUT2D eigenvalue weighted by Gasteiger charge is -2.24. The second-order valence-corrected chi connectivity index (χ2v) is 7.62. The SMILES string of the molecule is COc1ccc(N2CCCN(C(=O)CCc3nc4c([nH]3)c(=O)[nH]c(=O)n4C)CC2)cc1. The van der Waals surface area contributed by atoms with Crippen LogP contribution in [0.15, 0.2) is 33.9 Å². The molecule has 10 heteroatoms. The van der Waals surface area contributed by atoms with E-state index < -0.39 is 11.2 Å². The van der Waals surface area contributed by atoms with Gasteiger partial charge in [-0.15, -0.1) is 0 Å². The number of carbonyl (C=O) groups is 1. The molecule has 4 rings (SSSR count). The van der Waals surface area contributed by atoms with Crippen molar-refractivity contribution in [1.29, 1.82) is 0 Å². The van der Waals surface area contributed by atoms with Crippen molar-refractivity contribution < 1.29 is 9.53 Å². The first-order valence-corrected chi connectivity index (χ1v) is 10.3. The van der Waals surface area contributed by atoms with Gasteiger partial charge in [-0.25, -0.2) is 9.78 Å². The first kappa shape index (κ1) is 20.7. The molecule has 0 radical (unpaired) electrons. The minimum absolute atomic E-state index is 0.0554. The molecule has 0 spiro atoms. The zero-order chi connectivity index (χ0) is 22.0. The van der Waals surface area contributed by atoms with Crippen LogP contribution in [0.2, 0.25) is 0 Å². The number of carbonyl (C=O) groups excluding carboxylic acids is 1. The van der Waals surface area contributed by atoms with E-state index >= 15 is 0 Å². The number of H-pyrrole nitrogens is 2. The van der Waals surface area contributed by atoms with E-state index in [1.807, 2.05) is 29.2 Å². The number of hydrogen-bond acceptors (Lipinski definition) is 6. The summed E-state index contributed by atoms with van der Waals surface area (Å²) in [6, 6.07) is 7.95.